The number of ether oxygens (including phenoxy) is 1. The highest BCUT2D eigenvalue weighted by atomic mass is 19.1. The largest absolute Gasteiger partial charge is 0.444 e. The number of halogens is 2. The van der Waals surface area contributed by atoms with Crippen molar-refractivity contribution in [2.24, 2.45) is 0 Å². The Labute approximate surface area is 140 Å². The van der Waals surface area contributed by atoms with E-state index >= 15 is 0 Å². The van der Waals surface area contributed by atoms with Crippen molar-refractivity contribution < 1.29 is 23.4 Å². The van der Waals surface area contributed by atoms with Crippen molar-refractivity contribution in [1.29, 1.82) is 0 Å². The molecule has 2 N–H and O–H groups in total. The zero-order valence-corrected chi connectivity index (χ0v) is 14.2. The fraction of sp³-hybridized carbons (Fsp3) is 0.588. The molecule has 0 aliphatic carbocycles. The van der Waals surface area contributed by atoms with E-state index in [1.165, 1.54) is 6.07 Å². The second kappa shape index (κ2) is 7.44. The lowest BCUT2D eigenvalue weighted by Gasteiger charge is -2.24. The smallest absolute Gasteiger partial charge is 0.410 e. The minimum Gasteiger partial charge on any atom is -0.444 e. The van der Waals surface area contributed by atoms with Gasteiger partial charge in [-0.2, -0.15) is 0 Å². The molecule has 1 saturated heterocycles. The maximum atomic E-state index is 13.6. The second-order valence-corrected chi connectivity index (χ2v) is 6.97. The van der Waals surface area contributed by atoms with Crippen molar-refractivity contribution >= 4 is 6.09 Å². The van der Waals surface area contributed by atoms with E-state index in [0.717, 1.165) is 12.1 Å². The molecule has 0 bridgehead atoms. The molecular formula is C17H24F2N2O3. The summed E-state index contributed by atoms with van der Waals surface area (Å²) in [5, 5.41) is 13.1. The van der Waals surface area contributed by atoms with Gasteiger partial charge in [-0.1, -0.05) is 6.07 Å². The Morgan fingerprint density at radius 1 is 1.42 bits per heavy atom. The molecule has 134 valence electrons. The summed E-state index contributed by atoms with van der Waals surface area (Å²) in [6, 6.07) is 3.43. The van der Waals surface area contributed by atoms with Gasteiger partial charge < -0.3 is 20.1 Å². The van der Waals surface area contributed by atoms with Crippen molar-refractivity contribution in [2.75, 3.05) is 19.6 Å². The third-order valence-corrected chi connectivity index (χ3v) is 3.77. The van der Waals surface area contributed by atoms with Gasteiger partial charge in [-0.25, -0.2) is 13.6 Å². The second-order valence-electron chi connectivity index (χ2n) is 6.97. The Bertz CT molecular complexity index is 569. The molecule has 1 heterocycles. The zero-order valence-electron chi connectivity index (χ0n) is 14.2. The van der Waals surface area contributed by atoms with Gasteiger partial charge in [0, 0.05) is 25.7 Å². The first-order valence-electron chi connectivity index (χ1n) is 8.00. The molecule has 0 radical (unpaired) electrons. The first-order chi connectivity index (χ1) is 11.2. The van der Waals surface area contributed by atoms with Gasteiger partial charge in [-0.15, -0.1) is 0 Å². The summed E-state index contributed by atoms with van der Waals surface area (Å²) >= 11 is 0. The molecule has 1 aliphatic rings. The van der Waals surface area contributed by atoms with E-state index in [-0.39, 0.29) is 24.2 Å². The van der Waals surface area contributed by atoms with Crippen molar-refractivity contribution in [3.05, 3.63) is 35.4 Å². The number of hydrogen-bond acceptors (Lipinski definition) is 4. The Balaban J connectivity index is 1.85. The number of aliphatic hydroxyl groups excluding tert-OH is 1. The van der Waals surface area contributed by atoms with Crippen LogP contribution in [0.2, 0.25) is 0 Å². The Morgan fingerprint density at radius 3 is 2.62 bits per heavy atom. The average Bonchev–Trinajstić information content (AvgIpc) is 2.92. The van der Waals surface area contributed by atoms with E-state index in [0.29, 0.717) is 19.5 Å². The summed E-state index contributed by atoms with van der Waals surface area (Å²) in [4.78, 5) is 13.6. The van der Waals surface area contributed by atoms with Crippen LogP contribution in [-0.2, 0) is 4.74 Å². The predicted octanol–water partition coefficient (Wildman–Crippen LogP) is 2.60. The van der Waals surface area contributed by atoms with Crippen LogP contribution >= 0.6 is 0 Å². The average molecular weight is 342 g/mol. The monoisotopic (exact) mass is 342 g/mol. The highest BCUT2D eigenvalue weighted by Gasteiger charge is 2.30. The van der Waals surface area contributed by atoms with E-state index in [2.05, 4.69) is 5.32 Å². The Morgan fingerprint density at radius 2 is 2.04 bits per heavy atom. The van der Waals surface area contributed by atoms with Crippen molar-refractivity contribution in [3.63, 3.8) is 0 Å². The zero-order chi connectivity index (χ0) is 17.9. The summed E-state index contributed by atoms with van der Waals surface area (Å²) in [6.45, 7) is 6.38. The van der Waals surface area contributed by atoms with Crippen LogP contribution in [0, 0.1) is 11.6 Å². The number of nitrogens with zero attached hydrogens (tertiary/aromatic N) is 1. The number of hydrogen-bond donors (Lipinski definition) is 2. The summed E-state index contributed by atoms with van der Waals surface area (Å²) in [6.07, 6.45) is -0.986. The lowest BCUT2D eigenvalue weighted by atomic mass is 10.1. The molecule has 2 unspecified atom stereocenters. The number of carbonyl (C=O) groups is 1. The molecule has 1 fully saturated rings. The van der Waals surface area contributed by atoms with E-state index in [1.54, 1.807) is 25.7 Å². The van der Waals surface area contributed by atoms with E-state index in [9.17, 15) is 18.7 Å². The molecule has 1 aliphatic heterocycles. The van der Waals surface area contributed by atoms with Crippen LogP contribution in [0.5, 0.6) is 0 Å². The van der Waals surface area contributed by atoms with Gasteiger partial charge in [0.2, 0.25) is 0 Å². The minimum atomic E-state index is -1.29. The summed E-state index contributed by atoms with van der Waals surface area (Å²) in [7, 11) is 0. The Hall–Kier alpha value is -1.73. The molecule has 1 aromatic rings. The van der Waals surface area contributed by atoms with Crippen LogP contribution in [0.25, 0.3) is 0 Å². The number of amides is 1. The first kappa shape index (κ1) is 18.6. The van der Waals surface area contributed by atoms with Crippen molar-refractivity contribution in [3.8, 4) is 0 Å². The van der Waals surface area contributed by atoms with Gasteiger partial charge in [0.15, 0.2) is 0 Å². The van der Waals surface area contributed by atoms with Crippen LogP contribution < -0.4 is 5.32 Å². The third-order valence-electron chi connectivity index (χ3n) is 3.77. The molecule has 24 heavy (non-hydrogen) atoms. The van der Waals surface area contributed by atoms with Crippen LogP contribution in [0.1, 0.15) is 38.9 Å². The predicted molar refractivity (Wildman–Crippen MR) is 85.5 cm³/mol. The number of rotatable bonds is 4. The maximum Gasteiger partial charge on any atom is 0.410 e. The van der Waals surface area contributed by atoms with Crippen LogP contribution in [-0.4, -0.2) is 47.4 Å². The standard InChI is InChI=1S/C17H24F2N2O3/c1-17(2,3)24-16(23)21-8-7-11(10-21)20-9-14(22)15-12(18)5-4-6-13(15)19/h4-6,11,14,20,22H,7-10H2,1-3H3. The third kappa shape index (κ3) is 4.88. The van der Waals surface area contributed by atoms with Crippen LogP contribution in [0.15, 0.2) is 18.2 Å². The molecule has 1 amide bonds. The van der Waals surface area contributed by atoms with Crippen molar-refractivity contribution in [2.45, 2.75) is 44.9 Å². The van der Waals surface area contributed by atoms with Gasteiger partial charge >= 0.3 is 6.09 Å². The quantitative estimate of drug-likeness (QED) is 0.883. The number of likely N-dealkylation sites (tertiary alicyclic amines) is 1. The van der Waals surface area contributed by atoms with Crippen molar-refractivity contribution in [1.82, 2.24) is 10.2 Å². The molecule has 2 rings (SSSR count). The van der Waals surface area contributed by atoms with Crippen LogP contribution in [0.3, 0.4) is 0 Å². The molecule has 0 saturated carbocycles. The van der Waals surface area contributed by atoms with E-state index < -0.39 is 23.3 Å². The molecule has 5 nitrogen and oxygen atoms in total. The maximum absolute atomic E-state index is 13.6. The number of carbonyl (C=O) groups excluding carboxylic acids is 1. The van der Waals surface area contributed by atoms with Gasteiger partial charge in [0.25, 0.3) is 0 Å². The first-order valence-corrected chi connectivity index (χ1v) is 8.00. The van der Waals surface area contributed by atoms with Gasteiger partial charge in [0.1, 0.15) is 17.2 Å². The number of aliphatic hydroxyl groups is 1. The topological polar surface area (TPSA) is 61.8 Å². The highest BCUT2D eigenvalue weighted by Crippen LogP contribution is 2.21. The Kier molecular flexibility index (Phi) is 5.77. The highest BCUT2D eigenvalue weighted by molar-refractivity contribution is 5.68. The molecule has 7 heteroatoms. The summed E-state index contributed by atoms with van der Waals surface area (Å²) in [5.41, 5.74) is -0.895. The molecule has 1 aromatic carbocycles. The molecule has 0 aromatic heterocycles. The van der Waals surface area contributed by atoms with Crippen LogP contribution in [0.4, 0.5) is 13.6 Å². The van der Waals surface area contributed by atoms with Gasteiger partial charge in [0.05, 0.1) is 11.7 Å². The van der Waals surface area contributed by atoms with Gasteiger partial charge in [-0.05, 0) is 39.3 Å². The fourth-order valence-electron chi connectivity index (χ4n) is 2.63. The molecule has 0 spiro atoms. The summed E-state index contributed by atoms with van der Waals surface area (Å²) < 4.78 is 32.6. The van der Waals surface area contributed by atoms with E-state index in [1.807, 2.05) is 0 Å². The number of nitrogens with one attached hydrogen (secondary N) is 1. The lowest BCUT2D eigenvalue weighted by molar-refractivity contribution is 0.0290. The summed E-state index contributed by atoms with van der Waals surface area (Å²) in [5.74, 6) is -1.54. The molecular weight excluding hydrogens is 318 g/mol. The lowest BCUT2D eigenvalue weighted by Crippen LogP contribution is -2.39. The molecule has 2 atom stereocenters. The number of benzene rings is 1. The normalized spacial score (nSPS) is 19.4. The van der Waals surface area contributed by atoms with Gasteiger partial charge in [-0.3, -0.25) is 0 Å². The SMILES string of the molecule is CC(C)(C)OC(=O)N1CCC(NCC(O)c2c(F)cccc2F)C1. The minimum absolute atomic E-state index is 0.00464. The van der Waals surface area contributed by atoms with E-state index in [4.69, 9.17) is 4.74 Å². The fourth-order valence-corrected chi connectivity index (χ4v) is 2.63.